The number of esters is 1. The third-order valence-electron chi connectivity index (χ3n) is 8.47. The molecule has 3 heterocycles. The highest BCUT2D eigenvalue weighted by Gasteiger charge is 2.56. The zero-order valence-corrected chi connectivity index (χ0v) is 33.6. The van der Waals surface area contributed by atoms with Gasteiger partial charge in [-0.2, -0.15) is 0 Å². The molecule has 1 aliphatic carbocycles. The molecular formula is C39H45N9O9S. The SMILES string of the molecule is CC(C)(C)OC(=O)NCc1cn(C[C@@H]2NC(=O)[C@H]2NC(=O)C(=NOC2(C(=O)OC(c3ccccc3)c3ccccc3)CC2)c2csc(NC(=O)OC(C)(C)C)n2)nn1. The summed E-state index contributed by atoms with van der Waals surface area (Å²) in [5.41, 5.74) is -1.34. The number of amides is 4. The van der Waals surface area contributed by atoms with Crippen molar-refractivity contribution in [3.8, 4) is 0 Å². The van der Waals surface area contributed by atoms with E-state index < -0.39 is 65.0 Å². The summed E-state index contributed by atoms with van der Waals surface area (Å²) < 4.78 is 18.1. The van der Waals surface area contributed by atoms with Gasteiger partial charge in [0, 0.05) is 18.2 Å². The van der Waals surface area contributed by atoms with Gasteiger partial charge >= 0.3 is 18.2 Å². The molecule has 4 amide bonds. The summed E-state index contributed by atoms with van der Waals surface area (Å²) in [6.45, 7) is 10.6. The molecule has 2 atom stereocenters. The molecule has 1 saturated carbocycles. The molecule has 2 aromatic carbocycles. The molecule has 2 aliphatic rings. The van der Waals surface area contributed by atoms with Crippen LogP contribution in [0, 0.1) is 0 Å². The van der Waals surface area contributed by atoms with Gasteiger partial charge in [0.15, 0.2) is 16.9 Å². The van der Waals surface area contributed by atoms with E-state index in [-0.39, 0.29) is 42.5 Å². The number of nitrogens with zero attached hydrogens (tertiary/aromatic N) is 5. The van der Waals surface area contributed by atoms with Gasteiger partial charge in [-0.05, 0) is 52.7 Å². The van der Waals surface area contributed by atoms with E-state index in [4.69, 9.17) is 19.0 Å². The number of ether oxygens (including phenoxy) is 3. The highest BCUT2D eigenvalue weighted by molar-refractivity contribution is 7.14. The standard InChI is InChI=1S/C39H45N9O9S/c1-37(2,3)55-35(52)40-19-25-20-48(47-45-25)21-26-28(31(49)41-26)43-32(50)29(27-22-58-34(42-27)44-36(53)56-38(4,5)6)46-57-39(17-18-39)33(51)54-30(23-13-9-7-10-14-23)24-15-11-8-12-16-24/h7-16,20,22,26,28,30H,17-19,21H2,1-6H3,(H,40,52)(H,41,49)(H,43,50)(H,42,44,53)/t26-,28-/m0/s1. The molecule has 2 fully saturated rings. The van der Waals surface area contributed by atoms with Crippen LogP contribution in [0.15, 0.2) is 77.4 Å². The van der Waals surface area contributed by atoms with Crippen LogP contribution in [0.2, 0.25) is 0 Å². The van der Waals surface area contributed by atoms with Crippen molar-refractivity contribution in [2.24, 2.45) is 5.16 Å². The first-order chi connectivity index (χ1) is 27.5. The number of aromatic nitrogens is 4. The van der Waals surface area contributed by atoms with Crippen LogP contribution < -0.4 is 21.3 Å². The van der Waals surface area contributed by atoms with Crippen molar-refractivity contribution in [2.45, 2.75) is 102 Å². The van der Waals surface area contributed by atoms with Crippen molar-refractivity contribution in [1.29, 1.82) is 0 Å². The van der Waals surface area contributed by atoms with Crippen molar-refractivity contribution < 1.29 is 43.0 Å². The molecule has 306 valence electrons. The van der Waals surface area contributed by atoms with Gasteiger partial charge in [-0.15, -0.1) is 16.4 Å². The maximum absolute atomic E-state index is 14.0. The van der Waals surface area contributed by atoms with Gasteiger partial charge in [0.05, 0.1) is 25.3 Å². The Balaban J connectivity index is 1.17. The van der Waals surface area contributed by atoms with Crippen LogP contribution in [0.1, 0.15) is 83.0 Å². The average molecular weight is 816 g/mol. The van der Waals surface area contributed by atoms with E-state index in [0.29, 0.717) is 5.69 Å². The minimum Gasteiger partial charge on any atom is -0.450 e. The molecule has 18 nitrogen and oxygen atoms in total. The monoisotopic (exact) mass is 815 g/mol. The number of oxime groups is 1. The smallest absolute Gasteiger partial charge is 0.413 e. The number of carbonyl (C=O) groups is 5. The Kier molecular flexibility index (Phi) is 12.1. The summed E-state index contributed by atoms with van der Waals surface area (Å²) in [5, 5.41) is 24.4. The molecule has 58 heavy (non-hydrogen) atoms. The second kappa shape index (κ2) is 17.0. The van der Waals surface area contributed by atoms with Crippen molar-refractivity contribution >= 4 is 52.2 Å². The fourth-order valence-corrected chi connectivity index (χ4v) is 6.25. The molecule has 4 aromatic rings. The molecule has 1 saturated heterocycles. The first kappa shape index (κ1) is 41.3. The molecule has 0 bridgehead atoms. The average Bonchev–Trinajstić information content (AvgIpc) is 3.59. The number of hydrogen-bond acceptors (Lipinski definition) is 14. The number of carbonyl (C=O) groups excluding carboxylic acids is 5. The van der Waals surface area contributed by atoms with Gasteiger partial charge in [-0.1, -0.05) is 71.0 Å². The zero-order valence-electron chi connectivity index (χ0n) is 32.8. The Morgan fingerprint density at radius 2 is 1.57 bits per heavy atom. The van der Waals surface area contributed by atoms with Crippen molar-refractivity contribution in [3.63, 3.8) is 0 Å². The number of hydrogen-bond donors (Lipinski definition) is 4. The van der Waals surface area contributed by atoms with Crippen molar-refractivity contribution in [3.05, 3.63) is 94.8 Å². The molecule has 19 heteroatoms. The van der Waals surface area contributed by atoms with Gasteiger partial charge in [-0.3, -0.25) is 19.6 Å². The number of alkyl carbamates (subject to hydrolysis) is 1. The predicted octanol–water partition coefficient (Wildman–Crippen LogP) is 4.38. The maximum atomic E-state index is 14.0. The number of rotatable bonds is 14. The van der Waals surface area contributed by atoms with Crippen LogP contribution in [0.4, 0.5) is 14.7 Å². The number of β-lactam (4-membered cyclic amide) rings is 1. The van der Waals surface area contributed by atoms with Crippen LogP contribution in [0.3, 0.4) is 0 Å². The van der Waals surface area contributed by atoms with Crippen LogP contribution in [0.25, 0.3) is 0 Å². The summed E-state index contributed by atoms with van der Waals surface area (Å²) in [6.07, 6.45) is 0.0128. The fourth-order valence-electron chi connectivity index (χ4n) is 5.57. The predicted molar refractivity (Wildman–Crippen MR) is 209 cm³/mol. The third-order valence-corrected chi connectivity index (χ3v) is 9.23. The lowest BCUT2D eigenvalue weighted by atomic mass is 9.98. The van der Waals surface area contributed by atoms with Gasteiger partial charge in [0.1, 0.15) is 28.6 Å². The summed E-state index contributed by atoms with van der Waals surface area (Å²) in [6, 6.07) is 16.9. The molecule has 4 N–H and O–H groups in total. The van der Waals surface area contributed by atoms with E-state index in [0.717, 1.165) is 22.5 Å². The lowest BCUT2D eigenvalue weighted by molar-refractivity contribution is -0.164. The molecule has 6 rings (SSSR count). The van der Waals surface area contributed by atoms with Gasteiger partial charge < -0.3 is 35.0 Å². The second-order valence-corrected chi connectivity index (χ2v) is 16.5. The normalized spacial score (nSPS) is 17.3. The molecule has 0 radical (unpaired) electrons. The summed E-state index contributed by atoms with van der Waals surface area (Å²) in [5.74, 6) is -1.98. The summed E-state index contributed by atoms with van der Waals surface area (Å²) in [4.78, 5) is 75.3. The molecular weight excluding hydrogens is 771 g/mol. The Morgan fingerprint density at radius 3 is 2.16 bits per heavy atom. The Bertz CT molecular complexity index is 2120. The molecule has 2 aromatic heterocycles. The van der Waals surface area contributed by atoms with Crippen LogP contribution in [0.5, 0.6) is 0 Å². The quantitative estimate of drug-likeness (QED) is 0.0458. The van der Waals surface area contributed by atoms with E-state index >= 15 is 0 Å². The van der Waals surface area contributed by atoms with Crippen molar-refractivity contribution in [1.82, 2.24) is 35.9 Å². The van der Waals surface area contributed by atoms with E-state index in [2.05, 4.69) is 41.7 Å². The summed E-state index contributed by atoms with van der Waals surface area (Å²) >= 11 is 0.998. The minimum atomic E-state index is -1.49. The van der Waals surface area contributed by atoms with Crippen LogP contribution in [-0.4, -0.2) is 84.5 Å². The highest BCUT2D eigenvalue weighted by atomic mass is 32.1. The van der Waals surface area contributed by atoms with Gasteiger partial charge in [0.2, 0.25) is 11.5 Å². The lowest BCUT2D eigenvalue weighted by Crippen LogP contribution is -2.70. The largest absolute Gasteiger partial charge is 0.450 e. The topological polar surface area (TPSA) is 226 Å². The molecule has 0 unspecified atom stereocenters. The summed E-state index contributed by atoms with van der Waals surface area (Å²) in [7, 11) is 0. The number of thiazole rings is 1. The Labute approximate surface area is 338 Å². The zero-order chi connectivity index (χ0) is 41.7. The van der Waals surface area contributed by atoms with E-state index in [1.807, 2.05) is 60.7 Å². The number of anilines is 1. The number of benzene rings is 2. The molecule has 0 spiro atoms. The fraction of sp³-hybridized carbons (Fsp3) is 0.410. The highest BCUT2D eigenvalue weighted by Crippen LogP contribution is 2.43. The molecule has 1 aliphatic heterocycles. The number of nitrogens with one attached hydrogen (secondary N) is 4. The van der Waals surface area contributed by atoms with Crippen LogP contribution >= 0.6 is 11.3 Å². The van der Waals surface area contributed by atoms with E-state index in [1.165, 1.54) is 10.1 Å². The Hall–Kier alpha value is -6.37. The van der Waals surface area contributed by atoms with Gasteiger partial charge in [-0.25, -0.2) is 19.4 Å². The van der Waals surface area contributed by atoms with Gasteiger partial charge in [0.25, 0.3) is 5.91 Å². The Morgan fingerprint density at radius 1 is 0.948 bits per heavy atom. The third kappa shape index (κ3) is 10.9. The second-order valence-electron chi connectivity index (χ2n) is 15.7. The lowest BCUT2D eigenvalue weighted by Gasteiger charge is -2.36. The van der Waals surface area contributed by atoms with Crippen LogP contribution in [-0.2, 0) is 46.5 Å². The first-order valence-corrected chi connectivity index (χ1v) is 19.3. The van der Waals surface area contributed by atoms with E-state index in [1.54, 1.807) is 47.7 Å². The van der Waals surface area contributed by atoms with Crippen molar-refractivity contribution in [2.75, 3.05) is 5.32 Å². The maximum Gasteiger partial charge on any atom is 0.413 e. The van der Waals surface area contributed by atoms with E-state index in [9.17, 15) is 24.0 Å². The first-order valence-electron chi connectivity index (χ1n) is 18.5. The minimum absolute atomic E-state index is 0.00105.